The van der Waals surface area contributed by atoms with Gasteiger partial charge in [-0.25, -0.2) is 4.39 Å². The number of rotatable bonds is 3. The van der Waals surface area contributed by atoms with Gasteiger partial charge in [-0.2, -0.15) is 0 Å². The second kappa shape index (κ2) is 5.61. The predicted molar refractivity (Wildman–Crippen MR) is 79.5 cm³/mol. The molecule has 0 saturated carbocycles. The summed E-state index contributed by atoms with van der Waals surface area (Å²) in [5.74, 6) is -0.929. The van der Waals surface area contributed by atoms with Crippen LogP contribution >= 0.6 is 0 Å². The van der Waals surface area contributed by atoms with Gasteiger partial charge in [-0.1, -0.05) is 12.1 Å². The Morgan fingerprint density at radius 3 is 2.60 bits per heavy atom. The van der Waals surface area contributed by atoms with Gasteiger partial charge in [0.15, 0.2) is 0 Å². The first-order chi connectivity index (χ1) is 9.49. The molecular weight excluding hydrogens is 257 g/mol. The van der Waals surface area contributed by atoms with E-state index in [-0.39, 0.29) is 11.3 Å². The highest BCUT2D eigenvalue weighted by molar-refractivity contribution is 6.09. The minimum Gasteiger partial charge on any atom is -0.398 e. The lowest BCUT2D eigenvalue weighted by Gasteiger charge is -2.18. The summed E-state index contributed by atoms with van der Waals surface area (Å²) in [5, 5.41) is 2.75. The highest BCUT2D eigenvalue weighted by atomic mass is 19.1. The topological polar surface area (TPSA) is 58.4 Å². The first-order valence-electron chi connectivity index (χ1n) is 6.12. The summed E-state index contributed by atoms with van der Waals surface area (Å²) in [6.45, 7) is 0. The number of benzene rings is 2. The number of nitrogen functional groups attached to an aromatic ring is 1. The molecule has 0 spiro atoms. The summed E-state index contributed by atoms with van der Waals surface area (Å²) >= 11 is 0. The van der Waals surface area contributed by atoms with Crippen LogP contribution in [0.25, 0.3) is 0 Å². The van der Waals surface area contributed by atoms with Crippen molar-refractivity contribution in [2.75, 3.05) is 30.0 Å². The number of amides is 1. The fourth-order valence-electron chi connectivity index (χ4n) is 1.88. The lowest BCUT2D eigenvalue weighted by atomic mass is 10.1. The summed E-state index contributed by atoms with van der Waals surface area (Å²) in [4.78, 5) is 14.1. The molecule has 0 unspecified atom stereocenters. The first-order valence-corrected chi connectivity index (χ1v) is 6.12. The molecule has 0 heterocycles. The SMILES string of the molecule is CN(C)c1ccccc1NC(=O)c1cc(F)ccc1N. The molecule has 0 atom stereocenters. The summed E-state index contributed by atoms with van der Waals surface area (Å²) in [7, 11) is 3.75. The molecule has 0 saturated heterocycles. The highest BCUT2D eigenvalue weighted by Crippen LogP contribution is 2.25. The van der Waals surface area contributed by atoms with Crippen LogP contribution in [0, 0.1) is 5.82 Å². The molecule has 20 heavy (non-hydrogen) atoms. The summed E-state index contributed by atoms with van der Waals surface area (Å²) in [6, 6.07) is 11.1. The molecule has 0 bridgehead atoms. The van der Waals surface area contributed by atoms with Crippen LogP contribution in [0.2, 0.25) is 0 Å². The zero-order valence-electron chi connectivity index (χ0n) is 11.4. The van der Waals surface area contributed by atoms with Crippen molar-refractivity contribution in [1.82, 2.24) is 0 Å². The monoisotopic (exact) mass is 273 g/mol. The maximum Gasteiger partial charge on any atom is 0.257 e. The largest absolute Gasteiger partial charge is 0.398 e. The first kappa shape index (κ1) is 13.9. The lowest BCUT2D eigenvalue weighted by Crippen LogP contribution is -2.17. The third-order valence-corrected chi connectivity index (χ3v) is 2.89. The second-order valence-corrected chi connectivity index (χ2v) is 4.60. The lowest BCUT2D eigenvalue weighted by molar-refractivity contribution is 0.102. The van der Waals surface area contributed by atoms with Gasteiger partial charge in [-0.15, -0.1) is 0 Å². The van der Waals surface area contributed by atoms with E-state index in [1.54, 1.807) is 6.07 Å². The number of hydrogen-bond acceptors (Lipinski definition) is 3. The second-order valence-electron chi connectivity index (χ2n) is 4.60. The Balaban J connectivity index is 2.31. The van der Waals surface area contributed by atoms with E-state index in [0.29, 0.717) is 5.69 Å². The Hall–Kier alpha value is -2.56. The third kappa shape index (κ3) is 2.88. The van der Waals surface area contributed by atoms with Crippen LogP contribution in [0.1, 0.15) is 10.4 Å². The molecule has 2 aromatic rings. The molecule has 2 aromatic carbocycles. The van der Waals surface area contributed by atoms with Gasteiger partial charge in [-0.05, 0) is 30.3 Å². The zero-order valence-corrected chi connectivity index (χ0v) is 11.4. The summed E-state index contributed by atoms with van der Waals surface area (Å²) in [5.41, 5.74) is 7.57. The highest BCUT2D eigenvalue weighted by Gasteiger charge is 2.13. The van der Waals surface area contributed by atoms with E-state index in [9.17, 15) is 9.18 Å². The van der Waals surface area contributed by atoms with Gasteiger partial charge < -0.3 is 16.0 Å². The van der Waals surface area contributed by atoms with Gasteiger partial charge in [0.05, 0.1) is 16.9 Å². The molecule has 2 rings (SSSR count). The molecule has 0 aliphatic carbocycles. The molecule has 1 amide bonds. The minimum atomic E-state index is -0.495. The molecule has 104 valence electrons. The van der Waals surface area contributed by atoms with Crippen molar-refractivity contribution in [1.29, 1.82) is 0 Å². The minimum absolute atomic E-state index is 0.124. The van der Waals surface area contributed by atoms with Gasteiger partial charge in [0.2, 0.25) is 0 Å². The quantitative estimate of drug-likeness (QED) is 0.845. The number of nitrogens with zero attached hydrogens (tertiary/aromatic N) is 1. The van der Waals surface area contributed by atoms with Crippen molar-refractivity contribution in [3.63, 3.8) is 0 Å². The Labute approximate surface area is 117 Å². The summed E-state index contributed by atoms with van der Waals surface area (Å²) in [6.07, 6.45) is 0. The predicted octanol–water partition coefficient (Wildman–Crippen LogP) is 2.73. The van der Waals surface area contributed by atoms with Crippen LogP contribution < -0.4 is 16.0 Å². The number of hydrogen-bond donors (Lipinski definition) is 2. The van der Waals surface area contributed by atoms with Gasteiger partial charge in [0.25, 0.3) is 5.91 Å². The van der Waals surface area contributed by atoms with E-state index < -0.39 is 11.7 Å². The fourth-order valence-corrected chi connectivity index (χ4v) is 1.88. The van der Waals surface area contributed by atoms with Crippen LogP contribution in [-0.2, 0) is 0 Å². The van der Waals surface area contributed by atoms with Crippen LogP contribution in [-0.4, -0.2) is 20.0 Å². The maximum absolute atomic E-state index is 13.2. The van der Waals surface area contributed by atoms with Crippen LogP contribution in [0.4, 0.5) is 21.5 Å². The molecule has 0 aliphatic heterocycles. The maximum atomic E-state index is 13.2. The van der Waals surface area contributed by atoms with Crippen LogP contribution in [0.15, 0.2) is 42.5 Å². The van der Waals surface area contributed by atoms with E-state index >= 15 is 0 Å². The van der Waals surface area contributed by atoms with Crippen LogP contribution in [0.3, 0.4) is 0 Å². The van der Waals surface area contributed by atoms with Crippen molar-refractivity contribution in [3.05, 3.63) is 53.8 Å². The van der Waals surface area contributed by atoms with Crippen molar-refractivity contribution < 1.29 is 9.18 Å². The Bertz CT molecular complexity index is 641. The number of nitrogens with two attached hydrogens (primary N) is 1. The van der Waals surface area contributed by atoms with Gasteiger partial charge in [-0.3, -0.25) is 4.79 Å². The zero-order chi connectivity index (χ0) is 14.7. The number of para-hydroxylation sites is 2. The van der Waals surface area contributed by atoms with E-state index in [0.717, 1.165) is 11.8 Å². The molecule has 3 N–H and O–H groups in total. The molecule has 0 aromatic heterocycles. The van der Waals surface area contributed by atoms with E-state index in [1.807, 2.05) is 37.2 Å². The summed E-state index contributed by atoms with van der Waals surface area (Å²) < 4.78 is 13.2. The van der Waals surface area contributed by atoms with Crippen molar-refractivity contribution in [2.24, 2.45) is 0 Å². The number of carbonyl (C=O) groups is 1. The van der Waals surface area contributed by atoms with Crippen LogP contribution in [0.5, 0.6) is 0 Å². The number of carbonyl (C=O) groups excluding carboxylic acids is 1. The molecule has 5 heteroatoms. The van der Waals surface area contributed by atoms with Gasteiger partial charge in [0.1, 0.15) is 5.82 Å². The van der Waals surface area contributed by atoms with E-state index in [1.165, 1.54) is 12.1 Å². The average molecular weight is 273 g/mol. The number of nitrogens with one attached hydrogen (secondary N) is 1. The molecule has 0 radical (unpaired) electrons. The molecular formula is C15H16FN3O. The standard InChI is InChI=1S/C15H16FN3O/c1-19(2)14-6-4-3-5-13(14)18-15(20)11-9-10(16)7-8-12(11)17/h3-9H,17H2,1-2H3,(H,18,20). The smallest absolute Gasteiger partial charge is 0.257 e. The molecule has 0 aliphatic rings. The average Bonchev–Trinajstić information content (AvgIpc) is 2.41. The fraction of sp³-hybridized carbons (Fsp3) is 0.133. The molecule has 0 fully saturated rings. The third-order valence-electron chi connectivity index (χ3n) is 2.89. The number of halogens is 1. The Morgan fingerprint density at radius 1 is 1.20 bits per heavy atom. The van der Waals surface area contributed by atoms with Crippen molar-refractivity contribution in [3.8, 4) is 0 Å². The van der Waals surface area contributed by atoms with E-state index in [2.05, 4.69) is 5.32 Å². The molecule has 4 nitrogen and oxygen atoms in total. The normalized spacial score (nSPS) is 10.2. The van der Waals surface area contributed by atoms with Crippen molar-refractivity contribution in [2.45, 2.75) is 0 Å². The van der Waals surface area contributed by atoms with Crippen molar-refractivity contribution >= 4 is 23.0 Å². The number of anilines is 3. The van der Waals surface area contributed by atoms with Gasteiger partial charge in [0, 0.05) is 19.8 Å². The Kier molecular flexibility index (Phi) is 3.89. The Morgan fingerprint density at radius 2 is 1.90 bits per heavy atom. The van der Waals surface area contributed by atoms with E-state index in [4.69, 9.17) is 5.73 Å². The van der Waals surface area contributed by atoms with Gasteiger partial charge >= 0.3 is 0 Å².